The molecule has 0 aromatic heterocycles. The second-order valence-electron chi connectivity index (χ2n) is 6.91. The molecule has 0 aliphatic carbocycles. The van der Waals surface area contributed by atoms with E-state index in [-0.39, 0.29) is 18.1 Å². The molecule has 0 radical (unpaired) electrons. The predicted octanol–water partition coefficient (Wildman–Crippen LogP) is 4.87. The summed E-state index contributed by atoms with van der Waals surface area (Å²) in [7, 11) is 1.47. The van der Waals surface area contributed by atoms with E-state index in [0.717, 1.165) is 0 Å². The zero-order valence-corrected chi connectivity index (χ0v) is 18.3. The van der Waals surface area contributed by atoms with E-state index in [1.807, 2.05) is 0 Å². The van der Waals surface area contributed by atoms with Gasteiger partial charge in [-0.2, -0.15) is 0 Å². The van der Waals surface area contributed by atoms with Gasteiger partial charge in [0.05, 0.1) is 19.1 Å². The first-order chi connectivity index (χ1) is 14.4. The van der Waals surface area contributed by atoms with Gasteiger partial charge in [0.1, 0.15) is 11.3 Å². The van der Waals surface area contributed by atoms with E-state index in [9.17, 15) is 9.59 Å². The molecule has 1 heterocycles. The fraction of sp³-hybridized carbons (Fsp3) is 0.364. The van der Waals surface area contributed by atoms with Crippen LogP contribution < -0.4 is 10.1 Å². The number of hydrogen-bond donors (Lipinski definition) is 1. The number of halogens is 2. The third kappa shape index (κ3) is 4.56. The molecule has 2 aromatic rings. The van der Waals surface area contributed by atoms with Gasteiger partial charge < -0.3 is 19.5 Å². The van der Waals surface area contributed by atoms with Gasteiger partial charge in [-0.05, 0) is 55.7 Å². The van der Waals surface area contributed by atoms with E-state index in [2.05, 4.69) is 5.32 Å². The summed E-state index contributed by atoms with van der Waals surface area (Å²) < 4.78 is 15.8. The molecule has 8 heteroatoms. The molecular weight excluding hydrogens is 429 g/mol. The number of ether oxygens (including phenoxy) is 3. The summed E-state index contributed by atoms with van der Waals surface area (Å²) in [6, 6.07) is 9.98. The lowest BCUT2D eigenvalue weighted by Gasteiger charge is -2.37. The largest absolute Gasteiger partial charge is 0.496 e. The molecule has 1 amide bonds. The molecular formula is C22H23Cl2NO5. The van der Waals surface area contributed by atoms with E-state index in [4.69, 9.17) is 37.4 Å². The van der Waals surface area contributed by atoms with Gasteiger partial charge in [0, 0.05) is 28.9 Å². The number of carbonyl (C=O) groups excluding carboxylic acids is 2. The van der Waals surface area contributed by atoms with Crippen LogP contribution in [0.4, 0.5) is 5.69 Å². The number of carbonyl (C=O) groups is 2. The van der Waals surface area contributed by atoms with Gasteiger partial charge in [0.25, 0.3) is 0 Å². The molecule has 1 aliphatic heterocycles. The Bertz CT molecular complexity index is 941. The van der Waals surface area contributed by atoms with Gasteiger partial charge in [-0.25, -0.2) is 4.79 Å². The highest BCUT2D eigenvalue weighted by atomic mass is 35.5. The standard InChI is InChI=1S/C22H23Cl2NO5/c1-3-30-20(26)16-13-15(5-7-19(16)28-2)25-21(27)22(8-10-29-11-9-22)17-6-4-14(23)12-18(17)24/h4-7,12-13H,3,8-11H2,1-2H3,(H,25,27). The maximum absolute atomic E-state index is 13.5. The minimum Gasteiger partial charge on any atom is -0.496 e. The summed E-state index contributed by atoms with van der Waals surface area (Å²) in [5.74, 6) is -0.380. The topological polar surface area (TPSA) is 73.9 Å². The minimum atomic E-state index is -0.871. The molecule has 0 unspecified atom stereocenters. The monoisotopic (exact) mass is 451 g/mol. The van der Waals surface area contributed by atoms with E-state index in [1.54, 1.807) is 43.3 Å². The summed E-state index contributed by atoms with van der Waals surface area (Å²) >= 11 is 12.5. The number of amides is 1. The van der Waals surface area contributed by atoms with Crippen LogP contribution >= 0.6 is 23.2 Å². The molecule has 2 aromatic carbocycles. The molecule has 1 fully saturated rings. The van der Waals surface area contributed by atoms with E-state index in [1.165, 1.54) is 7.11 Å². The predicted molar refractivity (Wildman–Crippen MR) is 116 cm³/mol. The van der Waals surface area contributed by atoms with Crippen LogP contribution in [0.1, 0.15) is 35.7 Å². The summed E-state index contributed by atoms with van der Waals surface area (Å²) in [5.41, 5.74) is 0.528. The van der Waals surface area contributed by atoms with Crippen molar-refractivity contribution in [1.82, 2.24) is 0 Å². The Labute approximate surface area is 185 Å². The highest BCUT2D eigenvalue weighted by Crippen LogP contribution is 2.40. The molecule has 160 valence electrons. The van der Waals surface area contributed by atoms with Crippen molar-refractivity contribution in [2.45, 2.75) is 25.2 Å². The zero-order chi connectivity index (χ0) is 21.7. The van der Waals surface area contributed by atoms with Crippen LogP contribution in [0.3, 0.4) is 0 Å². The Morgan fingerprint density at radius 1 is 1.13 bits per heavy atom. The minimum absolute atomic E-state index is 0.227. The first-order valence-corrected chi connectivity index (χ1v) is 10.4. The molecule has 0 saturated carbocycles. The van der Waals surface area contributed by atoms with Crippen molar-refractivity contribution in [2.75, 3.05) is 32.2 Å². The second kappa shape index (κ2) is 9.69. The van der Waals surface area contributed by atoms with Crippen LogP contribution in [-0.4, -0.2) is 38.8 Å². The summed E-state index contributed by atoms with van der Waals surface area (Å²) in [6.07, 6.45) is 0.947. The third-order valence-electron chi connectivity index (χ3n) is 5.18. The number of nitrogens with one attached hydrogen (secondary N) is 1. The van der Waals surface area contributed by atoms with Gasteiger partial charge in [-0.15, -0.1) is 0 Å². The average Bonchev–Trinajstić information content (AvgIpc) is 2.74. The molecule has 3 rings (SSSR count). The maximum atomic E-state index is 13.5. The van der Waals surface area contributed by atoms with Gasteiger partial charge in [0.2, 0.25) is 5.91 Å². The fourth-order valence-corrected chi connectivity index (χ4v) is 4.21. The van der Waals surface area contributed by atoms with Crippen LogP contribution in [0, 0.1) is 0 Å². The smallest absolute Gasteiger partial charge is 0.341 e. The Morgan fingerprint density at radius 2 is 1.87 bits per heavy atom. The Hall–Kier alpha value is -2.28. The number of benzene rings is 2. The fourth-order valence-electron chi connectivity index (χ4n) is 3.62. The van der Waals surface area contributed by atoms with E-state index < -0.39 is 11.4 Å². The third-order valence-corrected chi connectivity index (χ3v) is 5.73. The summed E-state index contributed by atoms with van der Waals surface area (Å²) in [4.78, 5) is 25.7. The van der Waals surface area contributed by atoms with Crippen LogP contribution in [0.2, 0.25) is 10.0 Å². The van der Waals surface area contributed by atoms with Crippen molar-refractivity contribution in [3.63, 3.8) is 0 Å². The number of methoxy groups -OCH3 is 1. The Balaban J connectivity index is 1.95. The SMILES string of the molecule is CCOC(=O)c1cc(NC(=O)C2(c3ccc(Cl)cc3Cl)CCOCC2)ccc1OC. The van der Waals surface area contributed by atoms with Crippen molar-refractivity contribution >= 4 is 40.8 Å². The van der Waals surface area contributed by atoms with Crippen molar-refractivity contribution in [3.8, 4) is 5.75 Å². The molecule has 30 heavy (non-hydrogen) atoms. The number of rotatable bonds is 6. The van der Waals surface area contributed by atoms with Crippen molar-refractivity contribution in [3.05, 3.63) is 57.6 Å². The summed E-state index contributed by atoms with van der Waals surface area (Å²) in [6.45, 7) is 2.82. The Morgan fingerprint density at radius 3 is 2.50 bits per heavy atom. The van der Waals surface area contributed by atoms with Gasteiger partial charge >= 0.3 is 5.97 Å². The maximum Gasteiger partial charge on any atom is 0.341 e. The van der Waals surface area contributed by atoms with Crippen molar-refractivity contribution in [2.24, 2.45) is 0 Å². The quantitative estimate of drug-likeness (QED) is 0.634. The zero-order valence-electron chi connectivity index (χ0n) is 16.8. The molecule has 0 bridgehead atoms. The summed E-state index contributed by atoms with van der Waals surface area (Å²) in [5, 5.41) is 3.86. The number of anilines is 1. The molecule has 1 saturated heterocycles. The molecule has 6 nitrogen and oxygen atoms in total. The highest BCUT2D eigenvalue weighted by Gasteiger charge is 2.43. The first kappa shape index (κ1) is 22.4. The highest BCUT2D eigenvalue weighted by molar-refractivity contribution is 6.35. The lowest BCUT2D eigenvalue weighted by Crippen LogP contribution is -2.45. The lowest BCUT2D eigenvalue weighted by molar-refractivity contribution is -0.125. The molecule has 0 spiro atoms. The van der Waals surface area contributed by atoms with E-state index in [0.29, 0.717) is 53.1 Å². The van der Waals surface area contributed by atoms with Crippen molar-refractivity contribution < 1.29 is 23.8 Å². The normalized spacial score (nSPS) is 15.3. The second-order valence-corrected chi connectivity index (χ2v) is 7.75. The molecule has 1 N–H and O–H groups in total. The van der Waals surface area contributed by atoms with Gasteiger partial charge in [-0.1, -0.05) is 29.3 Å². The van der Waals surface area contributed by atoms with Crippen molar-refractivity contribution in [1.29, 1.82) is 0 Å². The van der Waals surface area contributed by atoms with Crippen LogP contribution in [0.25, 0.3) is 0 Å². The number of hydrogen-bond acceptors (Lipinski definition) is 5. The molecule has 1 aliphatic rings. The number of esters is 1. The van der Waals surface area contributed by atoms with E-state index >= 15 is 0 Å². The van der Waals surface area contributed by atoms with Gasteiger partial charge in [-0.3, -0.25) is 4.79 Å². The lowest BCUT2D eigenvalue weighted by atomic mass is 9.73. The van der Waals surface area contributed by atoms with Crippen LogP contribution in [-0.2, 0) is 19.7 Å². The van der Waals surface area contributed by atoms with Gasteiger partial charge in [0.15, 0.2) is 0 Å². The first-order valence-electron chi connectivity index (χ1n) is 9.61. The Kier molecular flexibility index (Phi) is 7.23. The van der Waals surface area contributed by atoms with Crippen LogP contribution in [0.15, 0.2) is 36.4 Å². The van der Waals surface area contributed by atoms with Crippen LogP contribution in [0.5, 0.6) is 5.75 Å². The average molecular weight is 452 g/mol. The molecule has 0 atom stereocenters.